The van der Waals surface area contributed by atoms with Crippen molar-refractivity contribution in [2.75, 3.05) is 20.8 Å². The first-order valence-electron chi connectivity index (χ1n) is 5.70. The van der Waals surface area contributed by atoms with Gasteiger partial charge in [0.1, 0.15) is 0 Å². The molecule has 1 N–H and O–H groups in total. The van der Waals surface area contributed by atoms with Crippen molar-refractivity contribution in [2.45, 2.75) is 38.8 Å². The largest absolute Gasteiger partial charge is 0.383 e. The lowest BCUT2D eigenvalue weighted by molar-refractivity contribution is 0.0354. The summed E-state index contributed by atoms with van der Waals surface area (Å²) in [6.07, 6.45) is 5.14. The molecule has 0 bridgehead atoms. The van der Waals surface area contributed by atoms with E-state index in [0.717, 1.165) is 6.42 Å². The van der Waals surface area contributed by atoms with Crippen LogP contribution in [0.3, 0.4) is 0 Å². The molecule has 0 aromatic rings. The highest BCUT2D eigenvalue weighted by molar-refractivity contribution is 5.30. The van der Waals surface area contributed by atoms with Gasteiger partial charge in [0.15, 0.2) is 0 Å². The van der Waals surface area contributed by atoms with E-state index in [1.807, 2.05) is 0 Å². The zero-order chi connectivity index (χ0) is 12.2. The van der Waals surface area contributed by atoms with E-state index in [1.54, 1.807) is 14.2 Å². The molecule has 16 heavy (non-hydrogen) atoms. The van der Waals surface area contributed by atoms with Crippen LogP contribution >= 0.6 is 0 Å². The predicted octanol–water partition coefficient (Wildman–Crippen LogP) is 2.25. The Kier molecular flexibility index (Phi) is 4.56. The normalized spacial score (nSPS) is 27.1. The molecule has 2 unspecified atom stereocenters. The van der Waals surface area contributed by atoms with E-state index in [9.17, 15) is 0 Å². The molecule has 0 aromatic heterocycles. The molecule has 0 amide bonds. The van der Waals surface area contributed by atoms with Crippen molar-refractivity contribution in [3.63, 3.8) is 0 Å². The second kappa shape index (κ2) is 5.51. The van der Waals surface area contributed by atoms with Gasteiger partial charge in [0, 0.05) is 32.4 Å². The van der Waals surface area contributed by atoms with Crippen LogP contribution in [0.1, 0.15) is 27.2 Å². The maximum absolute atomic E-state index is 5.58. The monoisotopic (exact) mass is 225 g/mol. The van der Waals surface area contributed by atoms with E-state index in [4.69, 9.17) is 9.47 Å². The van der Waals surface area contributed by atoms with Crippen LogP contribution in [0.15, 0.2) is 23.4 Å². The lowest BCUT2D eigenvalue weighted by Crippen LogP contribution is -2.37. The number of ether oxygens (including phenoxy) is 2. The van der Waals surface area contributed by atoms with E-state index in [2.05, 4.69) is 38.2 Å². The summed E-state index contributed by atoms with van der Waals surface area (Å²) < 4.78 is 10.7. The standard InChI is InChI=1S/C13H23NO2/c1-10-6-7-12(8-13(10,3)16-5)14-11(2)9-15-4/h6-7,11,14H,8-9H2,1-5H3. The zero-order valence-electron chi connectivity index (χ0n) is 11.0. The molecule has 0 saturated carbocycles. The zero-order valence-corrected chi connectivity index (χ0v) is 11.0. The second-order valence-corrected chi connectivity index (χ2v) is 4.65. The SMILES string of the molecule is COCC(C)NC1=CC=C(C)C(C)(OC)C1. The second-order valence-electron chi connectivity index (χ2n) is 4.65. The van der Waals surface area contributed by atoms with Crippen LogP contribution in [-0.4, -0.2) is 32.5 Å². The van der Waals surface area contributed by atoms with Gasteiger partial charge in [-0.05, 0) is 32.4 Å². The van der Waals surface area contributed by atoms with Gasteiger partial charge < -0.3 is 14.8 Å². The number of hydrogen-bond acceptors (Lipinski definition) is 3. The third-order valence-corrected chi connectivity index (χ3v) is 3.20. The molecule has 3 heteroatoms. The summed E-state index contributed by atoms with van der Waals surface area (Å²) in [4.78, 5) is 0. The molecule has 2 atom stereocenters. The van der Waals surface area contributed by atoms with Gasteiger partial charge in [-0.25, -0.2) is 0 Å². The average Bonchev–Trinajstić information content (AvgIpc) is 2.24. The van der Waals surface area contributed by atoms with E-state index in [-0.39, 0.29) is 5.60 Å². The van der Waals surface area contributed by atoms with Crippen molar-refractivity contribution in [1.82, 2.24) is 5.32 Å². The van der Waals surface area contributed by atoms with E-state index in [1.165, 1.54) is 11.3 Å². The molecular weight excluding hydrogens is 202 g/mol. The van der Waals surface area contributed by atoms with E-state index >= 15 is 0 Å². The smallest absolute Gasteiger partial charge is 0.0914 e. The van der Waals surface area contributed by atoms with Gasteiger partial charge in [0.05, 0.1) is 12.2 Å². The van der Waals surface area contributed by atoms with Crippen LogP contribution in [0.2, 0.25) is 0 Å². The molecule has 3 nitrogen and oxygen atoms in total. The first kappa shape index (κ1) is 13.3. The molecule has 0 fully saturated rings. The van der Waals surface area contributed by atoms with Crippen LogP contribution in [0.5, 0.6) is 0 Å². The van der Waals surface area contributed by atoms with Gasteiger partial charge in [0.25, 0.3) is 0 Å². The Bertz CT molecular complexity index is 296. The van der Waals surface area contributed by atoms with Crippen LogP contribution in [0.4, 0.5) is 0 Å². The Morgan fingerprint density at radius 2 is 2.12 bits per heavy atom. The van der Waals surface area contributed by atoms with Gasteiger partial charge in [-0.15, -0.1) is 0 Å². The highest BCUT2D eigenvalue weighted by Gasteiger charge is 2.29. The summed E-state index contributed by atoms with van der Waals surface area (Å²) in [6.45, 7) is 7.05. The van der Waals surface area contributed by atoms with Crippen molar-refractivity contribution in [3.05, 3.63) is 23.4 Å². The summed E-state index contributed by atoms with van der Waals surface area (Å²) in [6, 6.07) is 0.323. The topological polar surface area (TPSA) is 30.5 Å². The van der Waals surface area contributed by atoms with Crippen molar-refractivity contribution in [3.8, 4) is 0 Å². The Morgan fingerprint density at radius 3 is 2.69 bits per heavy atom. The van der Waals surface area contributed by atoms with Gasteiger partial charge in [-0.2, -0.15) is 0 Å². The summed E-state index contributed by atoms with van der Waals surface area (Å²) >= 11 is 0. The molecule has 1 aliphatic rings. The first-order chi connectivity index (χ1) is 7.51. The lowest BCUT2D eigenvalue weighted by atomic mass is 9.87. The molecule has 92 valence electrons. The minimum atomic E-state index is -0.177. The molecule has 0 spiro atoms. The highest BCUT2D eigenvalue weighted by atomic mass is 16.5. The molecule has 1 aliphatic carbocycles. The van der Waals surface area contributed by atoms with Crippen molar-refractivity contribution >= 4 is 0 Å². The number of allylic oxidation sites excluding steroid dienone is 2. The number of hydrogen-bond donors (Lipinski definition) is 1. The number of nitrogens with one attached hydrogen (secondary N) is 1. The molecule has 0 radical (unpaired) electrons. The minimum Gasteiger partial charge on any atom is -0.383 e. The third-order valence-electron chi connectivity index (χ3n) is 3.20. The summed E-state index contributed by atoms with van der Waals surface area (Å²) in [7, 11) is 3.48. The molecule has 0 heterocycles. The quantitative estimate of drug-likeness (QED) is 0.778. The molecule has 0 aromatic carbocycles. The van der Waals surface area contributed by atoms with Gasteiger partial charge in [-0.3, -0.25) is 0 Å². The van der Waals surface area contributed by atoms with Gasteiger partial charge >= 0.3 is 0 Å². The predicted molar refractivity (Wildman–Crippen MR) is 66.3 cm³/mol. The number of methoxy groups -OCH3 is 2. The number of rotatable bonds is 5. The van der Waals surface area contributed by atoms with E-state index in [0.29, 0.717) is 12.6 Å². The van der Waals surface area contributed by atoms with Crippen molar-refractivity contribution < 1.29 is 9.47 Å². The fraction of sp³-hybridized carbons (Fsp3) is 0.692. The molecular formula is C13H23NO2. The Hall–Kier alpha value is -0.800. The van der Waals surface area contributed by atoms with Crippen molar-refractivity contribution in [2.24, 2.45) is 0 Å². The molecule has 1 rings (SSSR count). The Balaban J connectivity index is 2.64. The third kappa shape index (κ3) is 3.09. The Morgan fingerprint density at radius 1 is 1.44 bits per heavy atom. The van der Waals surface area contributed by atoms with Crippen LogP contribution < -0.4 is 5.32 Å². The van der Waals surface area contributed by atoms with Crippen LogP contribution in [0.25, 0.3) is 0 Å². The fourth-order valence-corrected chi connectivity index (χ4v) is 1.90. The first-order valence-corrected chi connectivity index (χ1v) is 5.70. The van der Waals surface area contributed by atoms with Crippen molar-refractivity contribution in [1.29, 1.82) is 0 Å². The maximum atomic E-state index is 5.58. The lowest BCUT2D eigenvalue weighted by Gasteiger charge is -2.34. The fourth-order valence-electron chi connectivity index (χ4n) is 1.90. The molecule has 0 saturated heterocycles. The Labute approximate surface area is 98.5 Å². The molecule has 0 aliphatic heterocycles. The van der Waals surface area contributed by atoms with Crippen LogP contribution in [0, 0.1) is 0 Å². The van der Waals surface area contributed by atoms with E-state index < -0.39 is 0 Å². The van der Waals surface area contributed by atoms with Gasteiger partial charge in [-0.1, -0.05) is 6.08 Å². The highest BCUT2D eigenvalue weighted by Crippen LogP contribution is 2.30. The maximum Gasteiger partial charge on any atom is 0.0914 e. The summed E-state index contributed by atoms with van der Waals surface area (Å²) in [5.41, 5.74) is 2.29. The average molecular weight is 225 g/mol. The minimum absolute atomic E-state index is 0.177. The van der Waals surface area contributed by atoms with Gasteiger partial charge in [0.2, 0.25) is 0 Å². The van der Waals surface area contributed by atoms with Crippen LogP contribution in [-0.2, 0) is 9.47 Å². The summed E-state index contributed by atoms with van der Waals surface area (Å²) in [5, 5.41) is 3.44. The summed E-state index contributed by atoms with van der Waals surface area (Å²) in [5.74, 6) is 0.